The van der Waals surface area contributed by atoms with E-state index in [2.05, 4.69) is 0 Å². The first-order valence-corrected chi connectivity index (χ1v) is 4.58. The summed E-state index contributed by atoms with van der Waals surface area (Å²) in [6.07, 6.45) is -4.60. The van der Waals surface area contributed by atoms with Crippen LogP contribution >= 0.6 is 0 Å². The second kappa shape index (κ2) is 4.57. The third kappa shape index (κ3) is 2.45. The molecule has 1 unspecified atom stereocenters. The molecule has 1 aromatic rings. The Bertz CT molecular complexity index is 351. The average molecular weight is 216 g/mol. The van der Waals surface area contributed by atoms with Crippen LogP contribution in [-0.4, -0.2) is 18.6 Å². The summed E-state index contributed by atoms with van der Waals surface area (Å²) < 4.78 is 29.8. The molecule has 0 spiro atoms. The SMILES string of the molecule is COc1cc(C)cc(C)c1C(O)C(F)F. The summed E-state index contributed by atoms with van der Waals surface area (Å²) in [5.74, 6) is 0.306. The van der Waals surface area contributed by atoms with Crippen LogP contribution in [0.25, 0.3) is 0 Å². The minimum Gasteiger partial charge on any atom is -0.496 e. The predicted molar refractivity (Wildman–Crippen MR) is 53.4 cm³/mol. The van der Waals surface area contributed by atoms with E-state index in [1.54, 1.807) is 19.1 Å². The first-order chi connectivity index (χ1) is 6.97. The maximum absolute atomic E-state index is 12.4. The molecule has 0 fully saturated rings. The van der Waals surface area contributed by atoms with Gasteiger partial charge in [-0.05, 0) is 31.0 Å². The van der Waals surface area contributed by atoms with Gasteiger partial charge in [0.15, 0.2) is 0 Å². The first kappa shape index (κ1) is 11.9. The van der Waals surface area contributed by atoms with Crippen molar-refractivity contribution in [3.8, 4) is 5.75 Å². The summed E-state index contributed by atoms with van der Waals surface area (Å²) in [6.45, 7) is 3.52. The number of ether oxygens (including phenoxy) is 1. The fraction of sp³-hybridized carbons (Fsp3) is 0.455. The van der Waals surface area contributed by atoms with Gasteiger partial charge in [0.25, 0.3) is 6.43 Å². The third-order valence-electron chi connectivity index (χ3n) is 2.25. The number of aliphatic hydroxyl groups is 1. The standard InChI is InChI=1S/C11H14F2O2/c1-6-4-7(2)9(8(5-6)15-3)10(14)11(12)13/h4-5,10-11,14H,1-3H3. The zero-order valence-electron chi connectivity index (χ0n) is 8.92. The molecule has 0 heterocycles. The monoisotopic (exact) mass is 216 g/mol. The minimum absolute atomic E-state index is 0.165. The van der Waals surface area contributed by atoms with E-state index in [0.717, 1.165) is 5.56 Å². The number of hydrogen-bond acceptors (Lipinski definition) is 2. The Morgan fingerprint density at radius 3 is 2.33 bits per heavy atom. The van der Waals surface area contributed by atoms with Crippen LogP contribution in [0.15, 0.2) is 12.1 Å². The molecule has 15 heavy (non-hydrogen) atoms. The van der Waals surface area contributed by atoms with E-state index in [4.69, 9.17) is 4.74 Å². The topological polar surface area (TPSA) is 29.5 Å². The van der Waals surface area contributed by atoms with Crippen LogP contribution in [0.4, 0.5) is 8.78 Å². The van der Waals surface area contributed by atoms with Gasteiger partial charge in [-0.25, -0.2) is 8.78 Å². The van der Waals surface area contributed by atoms with Gasteiger partial charge >= 0.3 is 0 Å². The van der Waals surface area contributed by atoms with E-state index in [1.807, 2.05) is 6.92 Å². The van der Waals surface area contributed by atoms with E-state index in [1.165, 1.54) is 7.11 Å². The fourth-order valence-corrected chi connectivity index (χ4v) is 1.61. The lowest BCUT2D eigenvalue weighted by Gasteiger charge is -2.17. The van der Waals surface area contributed by atoms with E-state index in [0.29, 0.717) is 11.3 Å². The van der Waals surface area contributed by atoms with Crippen LogP contribution in [0.1, 0.15) is 22.8 Å². The number of aryl methyl sites for hydroxylation is 2. The van der Waals surface area contributed by atoms with E-state index < -0.39 is 12.5 Å². The highest BCUT2D eigenvalue weighted by Gasteiger charge is 2.24. The molecule has 0 aliphatic rings. The lowest BCUT2D eigenvalue weighted by molar-refractivity contribution is -0.00735. The maximum Gasteiger partial charge on any atom is 0.268 e. The van der Waals surface area contributed by atoms with E-state index in [-0.39, 0.29) is 5.56 Å². The summed E-state index contributed by atoms with van der Waals surface area (Å²) >= 11 is 0. The van der Waals surface area contributed by atoms with Crippen molar-refractivity contribution in [2.75, 3.05) is 7.11 Å². The second-order valence-electron chi connectivity index (χ2n) is 3.48. The van der Waals surface area contributed by atoms with Crippen molar-refractivity contribution >= 4 is 0 Å². The summed E-state index contributed by atoms with van der Waals surface area (Å²) in [5, 5.41) is 9.35. The van der Waals surface area contributed by atoms with Crippen LogP contribution in [0.5, 0.6) is 5.75 Å². The Kier molecular flexibility index (Phi) is 3.63. The summed E-state index contributed by atoms with van der Waals surface area (Å²) in [5.41, 5.74) is 1.69. The molecule has 2 nitrogen and oxygen atoms in total. The maximum atomic E-state index is 12.4. The number of rotatable bonds is 3. The van der Waals surface area contributed by atoms with Crippen molar-refractivity contribution in [2.45, 2.75) is 26.4 Å². The molecule has 1 aromatic carbocycles. The van der Waals surface area contributed by atoms with Crippen molar-refractivity contribution in [1.29, 1.82) is 0 Å². The van der Waals surface area contributed by atoms with Crippen LogP contribution < -0.4 is 4.74 Å². The molecule has 84 valence electrons. The predicted octanol–water partition coefficient (Wildman–Crippen LogP) is 2.61. The highest BCUT2D eigenvalue weighted by atomic mass is 19.3. The highest BCUT2D eigenvalue weighted by molar-refractivity contribution is 5.44. The third-order valence-corrected chi connectivity index (χ3v) is 2.25. The van der Waals surface area contributed by atoms with Crippen molar-refractivity contribution in [2.24, 2.45) is 0 Å². The molecule has 0 bridgehead atoms. The zero-order chi connectivity index (χ0) is 11.6. The zero-order valence-corrected chi connectivity index (χ0v) is 8.92. The molecule has 0 aromatic heterocycles. The number of methoxy groups -OCH3 is 1. The Labute approximate surface area is 87.5 Å². The van der Waals surface area contributed by atoms with Crippen molar-refractivity contribution in [1.82, 2.24) is 0 Å². The molecule has 1 rings (SSSR count). The second-order valence-corrected chi connectivity index (χ2v) is 3.48. The Morgan fingerprint density at radius 1 is 1.27 bits per heavy atom. The van der Waals surface area contributed by atoms with Crippen LogP contribution in [-0.2, 0) is 0 Å². The molecular weight excluding hydrogens is 202 g/mol. The molecule has 0 amide bonds. The minimum atomic E-state index is -2.81. The average Bonchev–Trinajstić information content (AvgIpc) is 2.15. The quantitative estimate of drug-likeness (QED) is 0.841. The number of benzene rings is 1. The van der Waals surface area contributed by atoms with Crippen LogP contribution in [0.3, 0.4) is 0 Å². The molecule has 0 saturated heterocycles. The van der Waals surface area contributed by atoms with Gasteiger partial charge < -0.3 is 9.84 Å². The van der Waals surface area contributed by atoms with Gasteiger partial charge in [-0.15, -0.1) is 0 Å². The molecule has 0 saturated carbocycles. The molecule has 0 aliphatic heterocycles. The van der Waals surface area contributed by atoms with Crippen molar-refractivity contribution in [3.63, 3.8) is 0 Å². The van der Waals surface area contributed by atoms with Gasteiger partial charge in [0.2, 0.25) is 0 Å². The lowest BCUT2D eigenvalue weighted by Crippen LogP contribution is -2.11. The van der Waals surface area contributed by atoms with Gasteiger partial charge in [0.1, 0.15) is 11.9 Å². The summed E-state index contributed by atoms with van der Waals surface area (Å²) in [7, 11) is 1.40. The van der Waals surface area contributed by atoms with Gasteiger partial charge in [0, 0.05) is 5.56 Å². The molecule has 4 heteroatoms. The van der Waals surface area contributed by atoms with E-state index in [9.17, 15) is 13.9 Å². The number of halogens is 2. The first-order valence-electron chi connectivity index (χ1n) is 4.58. The van der Waals surface area contributed by atoms with Gasteiger partial charge in [0.05, 0.1) is 7.11 Å². The highest BCUT2D eigenvalue weighted by Crippen LogP contribution is 2.32. The Morgan fingerprint density at radius 2 is 1.87 bits per heavy atom. The molecule has 0 aliphatic carbocycles. The van der Waals surface area contributed by atoms with Crippen molar-refractivity contribution in [3.05, 3.63) is 28.8 Å². The molecule has 1 atom stereocenters. The normalized spacial score (nSPS) is 13.0. The fourth-order valence-electron chi connectivity index (χ4n) is 1.61. The molecular formula is C11H14F2O2. The summed E-state index contributed by atoms with van der Waals surface area (Å²) in [4.78, 5) is 0. The number of hydrogen-bond donors (Lipinski definition) is 1. The van der Waals surface area contributed by atoms with Crippen LogP contribution in [0, 0.1) is 13.8 Å². The van der Waals surface area contributed by atoms with Crippen molar-refractivity contribution < 1.29 is 18.6 Å². The molecule has 1 N–H and O–H groups in total. The Balaban J connectivity index is 3.26. The van der Waals surface area contributed by atoms with Gasteiger partial charge in [-0.1, -0.05) is 6.07 Å². The largest absolute Gasteiger partial charge is 0.496 e. The summed E-state index contributed by atoms with van der Waals surface area (Å²) in [6, 6.07) is 3.37. The van der Waals surface area contributed by atoms with Crippen LogP contribution in [0.2, 0.25) is 0 Å². The lowest BCUT2D eigenvalue weighted by atomic mass is 10.00. The number of aliphatic hydroxyl groups excluding tert-OH is 1. The van der Waals surface area contributed by atoms with E-state index >= 15 is 0 Å². The smallest absolute Gasteiger partial charge is 0.268 e. The van der Waals surface area contributed by atoms with Gasteiger partial charge in [-0.2, -0.15) is 0 Å². The molecule has 0 radical (unpaired) electrons. The number of alkyl halides is 2. The van der Waals surface area contributed by atoms with Gasteiger partial charge in [-0.3, -0.25) is 0 Å². The Hall–Kier alpha value is -1.16.